The fourth-order valence-corrected chi connectivity index (χ4v) is 3.40. The minimum atomic E-state index is -0.146. The van der Waals surface area contributed by atoms with Crippen LogP contribution in [0.2, 0.25) is 5.02 Å². The summed E-state index contributed by atoms with van der Waals surface area (Å²) >= 11 is 6.55. The number of hydrogen-bond donors (Lipinski definition) is 3. The van der Waals surface area contributed by atoms with Crippen molar-refractivity contribution in [3.63, 3.8) is 0 Å². The van der Waals surface area contributed by atoms with E-state index >= 15 is 0 Å². The molecule has 0 atom stereocenters. The minimum absolute atomic E-state index is 0.146. The third kappa shape index (κ3) is 4.69. The van der Waals surface area contributed by atoms with E-state index in [9.17, 15) is 4.79 Å². The Labute approximate surface area is 175 Å². The number of hydrogen-bond acceptors (Lipinski definition) is 4. The quantitative estimate of drug-likeness (QED) is 0.495. The maximum Gasteiger partial charge on any atom is 0.253 e. The van der Waals surface area contributed by atoms with Crippen molar-refractivity contribution >= 4 is 28.9 Å². The highest BCUT2D eigenvalue weighted by molar-refractivity contribution is 6.36. The zero-order chi connectivity index (χ0) is 20.2. The number of nitrogens with zero attached hydrogens (tertiary/aromatic N) is 1. The molecule has 1 amide bonds. The van der Waals surface area contributed by atoms with Crippen molar-refractivity contribution in [1.29, 1.82) is 0 Å². The topological polar surface area (TPSA) is 80.0 Å². The minimum Gasteiger partial charge on any atom is -0.396 e. The maximum absolute atomic E-state index is 12.1. The van der Waals surface area contributed by atoms with Gasteiger partial charge in [-0.2, -0.15) is 0 Å². The number of aromatic nitrogens is 1. The molecule has 2 aromatic carbocycles. The molecule has 1 aliphatic carbocycles. The predicted octanol–water partition coefficient (Wildman–Crippen LogP) is 4.74. The monoisotopic (exact) mass is 406 g/mol. The third-order valence-electron chi connectivity index (χ3n) is 5.10. The first-order valence-electron chi connectivity index (χ1n) is 9.71. The van der Waals surface area contributed by atoms with Gasteiger partial charge >= 0.3 is 0 Å². The molecule has 0 radical (unpaired) electrons. The third-order valence-corrected chi connectivity index (χ3v) is 5.51. The molecule has 0 aliphatic heterocycles. The van der Waals surface area contributed by atoms with E-state index in [0.29, 0.717) is 22.8 Å². The first-order chi connectivity index (χ1) is 14.1. The molecule has 1 heterocycles. The predicted molar refractivity (Wildman–Crippen MR) is 118 cm³/mol. The number of carbonyl (C=O) groups excluding carboxylic acids is 1. The van der Waals surface area contributed by atoms with Crippen LogP contribution in [-0.2, 0) is 6.54 Å². The van der Waals surface area contributed by atoms with Crippen molar-refractivity contribution in [3.05, 3.63) is 77.1 Å². The standard InChI is InChI=1S/C23H23ClN4O/c24-21-19(9-10-20(22(21)25)27-12-15-3-4-15)17-7-5-16(6-8-17)13-28-23(29)18-2-1-11-26-14-18/h1-2,5-11,14-15,27H,3-4,12-13,25H2,(H,28,29). The highest BCUT2D eigenvalue weighted by Gasteiger charge is 2.21. The molecule has 29 heavy (non-hydrogen) atoms. The SMILES string of the molecule is Nc1c(NCC2CC2)ccc(-c2ccc(CNC(=O)c3cccnc3)cc2)c1Cl. The summed E-state index contributed by atoms with van der Waals surface area (Å²) in [4.78, 5) is 16.1. The fourth-order valence-electron chi connectivity index (χ4n) is 3.13. The van der Waals surface area contributed by atoms with E-state index in [2.05, 4.69) is 15.6 Å². The van der Waals surface area contributed by atoms with Gasteiger partial charge in [-0.05, 0) is 48.1 Å². The Morgan fingerprint density at radius 2 is 1.93 bits per heavy atom. The van der Waals surface area contributed by atoms with Crippen LogP contribution in [0.15, 0.2) is 60.9 Å². The molecule has 0 saturated heterocycles. The molecule has 1 fully saturated rings. The zero-order valence-electron chi connectivity index (χ0n) is 16.0. The zero-order valence-corrected chi connectivity index (χ0v) is 16.7. The summed E-state index contributed by atoms with van der Waals surface area (Å²) in [7, 11) is 0. The van der Waals surface area contributed by atoms with Crippen molar-refractivity contribution in [3.8, 4) is 11.1 Å². The Balaban J connectivity index is 1.42. The number of amides is 1. The average Bonchev–Trinajstić information content (AvgIpc) is 3.59. The molecule has 0 spiro atoms. The summed E-state index contributed by atoms with van der Waals surface area (Å²) in [5.74, 6) is 0.617. The molecule has 0 unspecified atom stereocenters. The average molecular weight is 407 g/mol. The molecule has 1 aliphatic rings. The van der Waals surface area contributed by atoms with Gasteiger partial charge in [-0.1, -0.05) is 41.9 Å². The van der Waals surface area contributed by atoms with Gasteiger partial charge < -0.3 is 16.4 Å². The largest absolute Gasteiger partial charge is 0.396 e. The number of nitrogen functional groups attached to an aromatic ring is 1. The lowest BCUT2D eigenvalue weighted by Gasteiger charge is -2.14. The number of nitrogens with one attached hydrogen (secondary N) is 2. The van der Waals surface area contributed by atoms with E-state index in [1.54, 1.807) is 24.5 Å². The number of nitrogens with two attached hydrogens (primary N) is 1. The highest BCUT2D eigenvalue weighted by atomic mass is 35.5. The number of carbonyl (C=O) groups is 1. The molecule has 0 bridgehead atoms. The molecular weight excluding hydrogens is 384 g/mol. The van der Waals surface area contributed by atoms with Crippen molar-refractivity contribution in [2.45, 2.75) is 19.4 Å². The molecule has 4 rings (SSSR count). The number of anilines is 2. The van der Waals surface area contributed by atoms with Crippen LogP contribution in [0.1, 0.15) is 28.8 Å². The molecule has 4 N–H and O–H groups in total. The summed E-state index contributed by atoms with van der Waals surface area (Å²) in [6.45, 7) is 1.38. The lowest BCUT2D eigenvalue weighted by atomic mass is 10.0. The normalized spacial score (nSPS) is 13.1. The Bertz CT molecular complexity index is 1000. The molecule has 1 aromatic heterocycles. The van der Waals surface area contributed by atoms with E-state index in [0.717, 1.165) is 34.8 Å². The van der Waals surface area contributed by atoms with Gasteiger partial charge in [0.05, 0.1) is 22.0 Å². The second-order valence-electron chi connectivity index (χ2n) is 7.33. The van der Waals surface area contributed by atoms with Crippen LogP contribution in [0.4, 0.5) is 11.4 Å². The van der Waals surface area contributed by atoms with E-state index in [4.69, 9.17) is 17.3 Å². The first-order valence-corrected chi connectivity index (χ1v) is 10.1. The number of halogens is 1. The highest BCUT2D eigenvalue weighted by Crippen LogP contribution is 2.38. The molecule has 148 valence electrons. The van der Waals surface area contributed by atoms with E-state index in [1.165, 1.54) is 12.8 Å². The smallest absolute Gasteiger partial charge is 0.253 e. The van der Waals surface area contributed by atoms with Crippen LogP contribution in [0.25, 0.3) is 11.1 Å². The van der Waals surface area contributed by atoms with E-state index < -0.39 is 0 Å². The van der Waals surface area contributed by atoms with Crippen LogP contribution in [0.3, 0.4) is 0 Å². The van der Waals surface area contributed by atoms with Gasteiger partial charge in [0.25, 0.3) is 5.91 Å². The van der Waals surface area contributed by atoms with Crippen LogP contribution in [-0.4, -0.2) is 17.4 Å². The summed E-state index contributed by atoms with van der Waals surface area (Å²) < 4.78 is 0. The van der Waals surface area contributed by atoms with Gasteiger partial charge in [0.1, 0.15) is 0 Å². The van der Waals surface area contributed by atoms with Gasteiger partial charge in [-0.3, -0.25) is 9.78 Å². The van der Waals surface area contributed by atoms with Crippen LogP contribution >= 0.6 is 11.6 Å². The van der Waals surface area contributed by atoms with Crippen molar-refractivity contribution in [2.75, 3.05) is 17.6 Å². The van der Waals surface area contributed by atoms with Gasteiger partial charge in [-0.25, -0.2) is 0 Å². The lowest BCUT2D eigenvalue weighted by molar-refractivity contribution is 0.0950. The second-order valence-corrected chi connectivity index (χ2v) is 7.71. The van der Waals surface area contributed by atoms with Crippen LogP contribution < -0.4 is 16.4 Å². The fraction of sp³-hybridized carbons (Fsp3) is 0.217. The van der Waals surface area contributed by atoms with Crippen LogP contribution in [0.5, 0.6) is 0 Å². The second kappa shape index (κ2) is 8.53. The Hall–Kier alpha value is -3.05. The van der Waals surface area contributed by atoms with Crippen LogP contribution in [0, 0.1) is 5.92 Å². The Kier molecular flexibility index (Phi) is 5.67. The summed E-state index contributed by atoms with van der Waals surface area (Å²) in [6, 6.07) is 15.4. The van der Waals surface area contributed by atoms with Crippen molar-refractivity contribution in [2.24, 2.45) is 5.92 Å². The van der Waals surface area contributed by atoms with Gasteiger partial charge in [-0.15, -0.1) is 0 Å². The number of pyridine rings is 1. The van der Waals surface area contributed by atoms with Crippen molar-refractivity contribution in [1.82, 2.24) is 10.3 Å². The molecule has 3 aromatic rings. The summed E-state index contributed by atoms with van der Waals surface area (Å²) in [5, 5.41) is 6.85. The molecule has 5 nitrogen and oxygen atoms in total. The molecule has 1 saturated carbocycles. The Morgan fingerprint density at radius 1 is 1.14 bits per heavy atom. The van der Waals surface area contributed by atoms with Gasteiger partial charge in [0, 0.05) is 31.0 Å². The maximum atomic E-state index is 12.1. The van der Waals surface area contributed by atoms with Gasteiger partial charge in [0.15, 0.2) is 0 Å². The number of benzene rings is 2. The number of rotatable bonds is 7. The van der Waals surface area contributed by atoms with Crippen molar-refractivity contribution < 1.29 is 4.79 Å². The van der Waals surface area contributed by atoms with E-state index in [-0.39, 0.29) is 5.91 Å². The molecule has 6 heteroatoms. The van der Waals surface area contributed by atoms with Gasteiger partial charge in [0.2, 0.25) is 0 Å². The molecular formula is C23H23ClN4O. The first kappa shape index (κ1) is 19.3. The van der Waals surface area contributed by atoms with E-state index in [1.807, 2.05) is 36.4 Å². The summed E-state index contributed by atoms with van der Waals surface area (Å²) in [5.41, 5.74) is 11.1. The lowest BCUT2D eigenvalue weighted by Crippen LogP contribution is -2.22. The summed E-state index contributed by atoms with van der Waals surface area (Å²) in [6.07, 6.45) is 5.76. The Morgan fingerprint density at radius 3 is 2.62 bits per heavy atom.